The van der Waals surface area contributed by atoms with Crippen molar-refractivity contribution < 1.29 is 24.2 Å². The van der Waals surface area contributed by atoms with Crippen LogP contribution in [-0.2, 0) is 19.1 Å². The van der Waals surface area contributed by atoms with Gasteiger partial charge in [-0.1, -0.05) is 108 Å². The Morgan fingerprint density at radius 2 is 1.22 bits per heavy atom. The van der Waals surface area contributed by atoms with Gasteiger partial charge in [0.15, 0.2) is 0 Å². The van der Waals surface area contributed by atoms with E-state index in [4.69, 9.17) is 9.84 Å². The van der Waals surface area contributed by atoms with E-state index in [-0.39, 0.29) is 24.5 Å². The largest absolute Gasteiger partial charge is 0.480 e. The monoisotopic (exact) mass is 575 g/mol. The maximum atomic E-state index is 12.5. The molecule has 1 amide bonds. The number of ether oxygens (including phenoxy) is 1. The first-order valence-electron chi connectivity index (χ1n) is 16.6. The van der Waals surface area contributed by atoms with Gasteiger partial charge in [-0.2, -0.15) is 0 Å². The van der Waals surface area contributed by atoms with E-state index in [1.54, 1.807) is 0 Å². The van der Waals surface area contributed by atoms with E-state index in [0.29, 0.717) is 12.8 Å². The van der Waals surface area contributed by atoms with Crippen molar-refractivity contribution in [2.75, 3.05) is 6.54 Å². The minimum atomic E-state index is -1.03. The molecule has 0 aliphatic rings. The van der Waals surface area contributed by atoms with Crippen molar-refractivity contribution in [1.29, 1.82) is 0 Å². The van der Waals surface area contributed by atoms with Gasteiger partial charge >= 0.3 is 11.9 Å². The molecule has 0 aromatic carbocycles. The molecule has 0 saturated heterocycles. The summed E-state index contributed by atoms with van der Waals surface area (Å²) in [5.74, 6) is -1.36. The Morgan fingerprint density at radius 3 is 1.88 bits per heavy atom. The summed E-state index contributed by atoms with van der Waals surface area (Å²) in [6, 6.07) is 0. The van der Waals surface area contributed by atoms with Gasteiger partial charge in [0.25, 0.3) is 0 Å². The first kappa shape index (κ1) is 38.6. The third-order valence-electron chi connectivity index (χ3n) is 7.02. The molecule has 0 bridgehead atoms. The van der Waals surface area contributed by atoms with E-state index < -0.39 is 5.97 Å². The molecule has 0 rings (SSSR count). The van der Waals surface area contributed by atoms with Crippen molar-refractivity contribution in [1.82, 2.24) is 5.32 Å². The molecule has 2 N–H and O–H groups in total. The van der Waals surface area contributed by atoms with Gasteiger partial charge in [0.2, 0.25) is 5.91 Å². The molecular formula is C35H61NO5. The third kappa shape index (κ3) is 30.4. The predicted octanol–water partition coefficient (Wildman–Crippen LogP) is 9.39. The van der Waals surface area contributed by atoms with Crippen LogP contribution in [0.25, 0.3) is 0 Å². The molecule has 0 aliphatic carbocycles. The van der Waals surface area contributed by atoms with E-state index >= 15 is 0 Å². The Kier molecular flexibility index (Phi) is 28.8. The molecule has 0 fully saturated rings. The minimum absolute atomic E-state index is 0.105. The number of aliphatic carboxylic acids is 1. The Labute approximate surface area is 251 Å². The van der Waals surface area contributed by atoms with E-state index in [1.807, 2.05) is 6.08 Å². The van der Waals surface area contributed by atoms with Gasteiger partial charge < -0.3 is 15.2 Å². The molecule has 0 aliphatic heterocycles. The van der Waals surface area contributed by atoms with Crippen LogP contribution in [0.3, 0.4) is 0 Å². The van der Waals surface area contributed by atoms with Crippen LogP contribution >= 0.6 is 0 Å². The quantitative estimate of drug-likeness (QED) is 0.0526. The van der Waals surface area contributed by atoms with Gasteiger partial charge in [0.05, 0.1) is 0 Å². The highest BCUT2D eigenvalue weighted by Gasteiger charge is 2.11. The summed E-state index contributed by atoms with van der Waals surface area (Å²) in [5, 5.41) is 11.0. The van der Waals surface area contributed by atoms with Crippen molar-refractivity contribution in [2.24, 2.45) is 0 Å². The lowest BCUT2D eigenvalue weighted by Gasteiger charge is -2.15. The second-order valence-corrected chi connectivity index (χ2v) is 11.1. The highest BCUT2D eigenvalue weighted by atomic mass is 16.5. The molecule has 1 unspecified atom stereocenters. The number of amides is 1. The summed E-state index contributed by atoms with van der Waals surface area (Å²) in [7, 11) is 0. The molecule has 41 heavy (non-hydrogen) atoms. The summed E-state index contributed by atoms with van der Waals surface area (Å²) in [4.78, 5) is 34.5. The zero-order chi connectivity index (χ0) is 30.2. The summed E-state index contributed by atoms with van der Waals surface area (Å²) in [5.41, 5.74) is 0. The fourth-order valence-corrected chi connectivity index (χ4v) is 4.50. The smallest absolute Gasteiger partial charge is 0.322 e. The molecule has 236 valence electrons. The van der Waals surface area contributed by atoms with Crippen molar-refractivity contribution >= 4 is 17.8 Å². The average Bonchev–Trinajstić information content (AvgIpc) is 2.95. The van der Waals surface area contributed by atoms with E-state index in [0.717, 1.165) is 83.5 Å². The van der Waals surface area contributed by atoms with Crippen LogP contribution in [0, 0.1) is 0 Å². The minimum Gasteiger partial charge on any atom is -0.480 e. The Morgan fingerprint density at radius 1 is 0.659 bits per heavy atom. The first-order valence-corrected chi connectivity index (χ1v) is 16.6. The zero-order valence-electron chi connectivity index (χ0n) is 26.4. The lowest BCUT2D eigenvalue weighted by molar-refractivity contribution is -0.147. The number of carbonyl (C=O) groups is 3. The van der Waals surface area contributed by atoms with Crippen molar-refractivity contribution in [3.05, 3.63) is 36.5 Å². The fourth-order valence-electron chi connectivity index (χ4n) is 4.50. The van der Waals surface area contributed by atoms with Crippen LogP contribution in [0.1, 0.15) is 155 Å². The van der Waals surface area contributed by atoms with E-state index in [1.165, 1.54) is 44.9 Å². The van der Waals surface area contributed by atoms with Crippen molar-refractivity contribution in [2.45, 2.75) is 161 Å². The van der Waals surface area contributed by atoms with Gasteiger partial charge in [-0.25, -0.2) is 0 Å². The number of unbranched alkanes of at least 4 members (excludes halogenated alkanes) is 14. The molecule has 0 radical (unpaired) electrons. The summed E-state index contributed by atoms with van der Waals surface area (Å²) in [6.45, 7) is 4.09. The molecule has 6 heteroatoms. The molecule has 1 atom stereocenters. The maximum absolute atomic E-state index is 12.5. The molecule has 0 aromatic rings. The van der Waals surface area contributed by atoms with Gasteiger partial charge in [-0.15, -0.1) is 0 Å². The van der Waals surface area contributed by atoms with Crippen molar-refractivity contribution in [3.63, 3.8) is 0 Å². The number of esters is 1. The van der Waals surface area contributed by atoms with Crippen LogP contribution in [0.15, 0.2) is 36.5 Å². The highest BCUT2D eigenvalue weighted by Crippen LogP contribution is 2.14. The van der Waals surface area contributed by atoms with Gasteiger partial charge in [0, 0.05) is 12.8 Å². The lowest BCUT2D eigenvalue weighted by atomic mass is 10.1. The molecule has 0 aromatic heterocycles. The lowest BCUT2D eigenvalue weighted by Crippen LogP contribution is -2.28. The summed E-state index contributed by atoms with van der Waals surface area (Å²) < 4.78 is 5.79. The third-order valence-corrected chi connectivity index (χ3v) is 7.02. The first-order chi connectivity index (χ1) is 20.0. The summed E-state index contributed by atoms with van der Waals surface area (Å²) in [6.07, 6.45) is 35.8. The predicted molar refractivity (Wildman–Crippen MR) is 171 cm³/mol. The number of rotatable bonds is 29. The summed E-state index contributed by atoms with van der Waals surface area (Å²) >= 11 is 0. The highest BCUT2D eigenvalue weighted by molar-refractivity contribution is 5.80. The Bertz CT molecular complexity index is 728. The van der Waals surface area contributed by atoms with Crippen LogP contribution < -0.4 is 5.32 Å². The second-order valence-electron chi connectivity index (χ2n) is 11.1. The number of allylic oxidation sites excluding steroid dienone is 5. The van der Waals surface area contributed by atoms with Crippen LogP contribution in [0.4, 0.5) is 0 Å². The van der Waals surface area contributed by atoms with E-state index in [9.17, 15) is 14.4 Å². The molecule has 0 spiro atoms. The van der Waals surface area contributed by atoms with Gasteiger partial charge in [0.1, 0.15) is 12.6 Å². The van der Waals surface area contributed by atoms with Crippen LogP contribution in [0.2, 0.25) is 0 Å². The van der Waals surface area contributed by atoms with E-state index in [2.05, 4.69) is 49.5 Å². The molecule has 0 heterocycles. The average molecular weight is 576 g/mol. The van der Waals surface area contributed by atoms with Crippen LogP contribution in [0.5, 0.6) is 0 Å². The molecular weight excluding hydrogens is 514 g/mol. The zero-order valence-corrected chi connectivity index (χ0v) is 26.4. The van der Waals surface area contributed by atoms with Gasteiger partial charge in [-0.05, 0) is 70.3 Å². The van der Waals surface area contributed by atoms with Gasteiger partial charge in [-0.3, -0.25) is 14.4 Å². The molecule has 6 nitrogen and oxygen atoms in total. The number of nitrogens with one attached hydrogen (secondary N) is 1. The second kappa shape index (κ2) is 30.6. The topological polar surface area (TPSA) is 92.7 Å². The number of carboxylic acids is 1. The fraction of sp³-hybridized carbons (Fsp3) is 0.743. The maximum Gasteiger partial charge on any atom is 0.322 e. The standard InChI is InChI=1S/C35H61NO5/c1-3-5-7-9-10-11-12-13-14-15-16-17-18-19-20-26-30-35(40)41-32(27-23-8-6-4-2)28-24-21-22-25-29-33(37)36-31-34(38)39/h11-12,14-15,23,27,32H,3-10,13,16-22,24-26,28-31H2,1-2H3,(H,36,37)(H,38,39)/b12-11-,15-14-,27-23-. The molecule has 0 saturated carbocycles. The number of carboxylic acid groups (broad SMARTS) is 1. The number of carbonyl (C=O) groups excluding carboxylic acids is 2. The normalized spacial score (nSPS) is 12.4. The number of hydrogen-bond acceptors (Lipinski definition) is 4. The van der Waals surface area contributed by atoms with Crippen molar-refractivity contribution in [3.8, 4) is 0 Å². The number of hydrogen-bond donors (Lipinski definition) is 2. The Hall–Kier alpha value is -2.37. The SMILES string of the molecule is CCCC/C=C\C(CCCCCCC(=O)NCC(=O)O)OC(=O)CCCCCCC/C=C\C/C=C\CCCCCC. The Balaban J connectivity index is 3.97. The van der Waals surface area contributed by atoms with Crippen LogP contribution in [-0.4, -0.2) is 35.6 Å².